The monoisotopic (exact) mass is 361 g/mol. The average Bonchev–Trinajstić information content (AvgIpc) is 3.32. The molecule has 6 heteroatoms. The molecular formula is C19H24ClN3O2. The van der Waals surface area contributed by atoms with Gasteiger partial charge in [0, 0.05) is 18.4 Å². The van der Waals surface area contributed by atoms with Gasteiger partial charge in [-0.1, -0.05) is 30.1 Å². The minimum Gasteiger partial charge on any atom is -0.339 e. The van der Waals surface area contributed by atoms with Crippen LogP contribution in [0.15, 0.2) is 22.7 Å². The fourth-order valence-corrected chi connectivity index (χ4v) is 3.90. The van der Waals surface area contributed by atoms with Crippen molar-refractivity contribution in [2.45, 2.75) is 63.3 Å². The van der Waals surface area contributed by atoms with E-state index in [0.29, 0.717) is 24.6 Å². The van der Waals surface area contributed by atoms with E-state index in [9.17, 15) is 4.79 Å². The van der Waals surface area contributed by atoms with Crippen LogP contribution in [0, 0.1) is 0 Å². The third-order valence-electron chi connectivity index (χ3n) is 5.40. The van der Waals surface area contributed by atoms with Crippen molar-refractivity contribution in [3.8, 4) is 0 Å². The summed E-state index contributed by atoms with van der Waals surface area (Å²) in [6, 6.07) is 6.09. The van der Waals surface area contributed by atoms with Gasteiger partial charge >= 0.3 is 0 Å². The average molecular weight is 362 g/mol. The highest BCUT2D eigenvalue weighted by Gasteiger charge is 2.35. The number of carbonyl (C=O) groups is 1. The third kappa shape index (κ3) is 3.62. The lowest BCUT2D eigenvalue weighted by Crippen LogP contribution is -2.34. The van der Waals surface area contributed by atoms with Crippen LogP contribution >= 0.6 is 12.4 Å². The van der Waals surface area contributed by atoms with E-state index < -0.39 is 5.54 Å². The molecule has 0 spiro atoms. The maximum Gasteiger partial charge on any atom is 0.227 e. The number of aryl methyl sites for hydroxylation is 3. The predicted molar refractivity (Wildman–Crippen MR) is 97.0 cm³/mol. The van der Waals surface area contributed by atoms with Crippen molar-refractivity contribution in [3.05, 3.63) is 46.6 Å². The summed E-state index contributed by atoms with van der Waals surface area (Å²) in [4.78, 5) is 16.9. The third-order valence-corrected chi connectivity index (χ3v) is 5.40. The number of rotatable bonds is 5. The van der Waals surface area contributed by atoms with Crippen molar-refractivity contribution >= 4 is 18.2 Å². The van der Waals surface area contributed by atoms with Crippen LogP contribution in [0.1, 0.15) is 71.7 Å². The lowest BCUT2D eigenvalue weighted by Gasteiger charge is -2.17. The zero-order valence-corrected chi connectivity index (χ0v) is 15.1. The number of aromatic nitrogens is 2. The largest absolute Gasteiger partial charge is 0.339 e. The molecule has 0 unspecified atom stereocenters. The smallest absolute Gasteiger partial charge is 0.227 e. The van der Waals surface area contributed by atoms with Crippen LogP contribution in [0.5, 0.6) is 0 Å². The molecule has 1 heterocycles. The second-order valence-corrected chi connectivity index (χ2v) is 7.14. The summed E-state index contributed by atoms with van der Waals surface area (Å²) in [6.45, 7) is 0. The Labute approximate surface area is 153 Å². The number of nitrogens with two attached hydrogens (primary N) is 1. The molecule has 0 atom stereocenters. The van der Waals surface area contributed by atoms with Gasteiger partial charge < -0.3 is 10.3 Å². The number of halogens is 1. The predicted octanol–water partition coefficient (Wildman–Crippen LogP) is 3.52. The van der Waals surface area contributed by atoms with E-state index in [1.54, 1.807) is 0 Å². The van der Waals surface area contributed by atoms with E-state index >= 15 is 0 Å². The second-order valence-electron chi connectivity index (χ2n) is 7.14. The summed E-state index contributed by atoms with van der Waals surface area (Å²) in [5.74, 6) is 1.24. The Morgan fingerprint density at radius 1 is 1.16 bits per heavy atom. The van der Waals surface area contributed by atoms with E-state index in [1.807, 2.05) is 6.07 Å². The first kappa shape index (κ1) is 18.1. The standard InChI is InChI=1S/C19H23N3O2.ClH/c20-19(10-1-2-11-19)18-21-17(24-22-18)9-8-16(23)15-7-6-13-4-3-5-14(13)12-15;/h6-7,12H,1-5,8-11,20H2;1H. The molecule has 0 aliphatic heterocycles. The molecule has 2 aliphatic rings. The van der Waals surface area contributed by atoms with Gasteiger partial charge in [0.1, 0.15) is 0 Å². The van der Waals surface area contributed by atoms with Gasteiger partial charge in [-0.3, -0.25) is 4.79 Å². The summed E-state index contributed by atoms with van der Waals surface area (Å²) in [5.41, 5.74) is 9.41. The number of hydrogen-bond donors (Lipinski definition) is 1. The second kappa shape index (κ2) is 7.26. The molecule has 0 bridgehead atoms. The minimum atomic E-state index is -0.439. The van der Waals surface area contributed by atoms with Crippen molar-refractivity contribution in [1.82, 2.24) is 10.1 Å². The van der Waals surface area contributed by atoms with Crippen LogP contribution in [0.3, 0.4) is 0 Å². The van der Waals surface area contributed by atoms with Gasteiger partial charge in [-0.15, -0.1) is 12.4 Å². The van der Waals surface area contributed by atoms with Gasteiger partial charge in [-0.2, -0.15) is 4.98 Å². The number of carbonyl (C=O) groups excluding carboxylic acids is 1. The molecule has 1 fully saturated rings. The lowest BCUT2D eigenvalue weighted by molar-refractivity contribution is 0.0979. The molecule has 1 aromatic heterocycles. The van der Waals surface area contributed by atoms with Crippen LogP contribution in [0.25, 0.3) is 0 Å². The van der Waals surface area contributed by atoms with E-state index in [-0.39, 0.29) is 18.2 Å². The summed E-state index contributed by atoms with van der Waals surface area (Å²) < 4.78 is 5.31. The normalized spacial score (nSPS) is 18.0. The quantitative estimate of drug-likeness (QED) is 0.824. The first-order chi connectivity index (χ1) is 11.6. The maximum atomic E-state index is 12.4. The summed E-state index contributed by atoms with van der Waals surface area (Å²) in [5, 5.41) is 4.05. The number of nitrogens with zero attached hydrogens (tertiary/aromatic N) is 2. The molecule has 0 amide bonds. The van der Waals surface area contributed by atoms with Gasteiger partial charge in [-0.05, 0) is 49.3 Å². The highest BCUT2D eigenvalue weighted by Crippen LogP contribution is 2.34. The molecule has 1 aromatic carbocycles. The zero-order chi connectivity index (χ0) is 16.6. The number of hydrogen-bond acceptors (Lipinski definition) is 5. The molecule has 2 aromatic rings. The van der Waals surface area contributed by atoms with Crippen LogP contribution in [-0.2, 0) is 24.8 Å². The Morgan fingerprint density at radius 3 is 2.72 bits per heavy atom. The molecule has 0 saturated heterocycles. The Hall–Kier alpha value is -1.72. The molecule has 134 valence electrons. The van der Waals surface area contributed by atoms with Crippen LogP contribution in [0.4, 0.5) is 0 Å². The van der Waals surface area contributed by atoms with Gasteiger partial charge in [0.25, 0.3) is 0 Å². The first-order valence-corrected chi connectivity index (χ1v) is 8.91. The van der Waals surface area contributed by atoms with Gasteiger partial charge in [0.15, 0.2) is 11.6 Å². The first-order valence-electron chi connectivity index (χ1n) is 8.91. The molecule has 2 N–H and O–H groups in total. The van der Waals surface area contributed by atoms with E-state index in [0.717, 1.165) is 44.1 Å². The van der Waals surface area contributed by atoms with Crippen molar-refractivity contribution in [1.29, 1.82) is 0 Å². The summed E-state index contributed by atoms with van der Waals surface area (Å²) >= 11 is 0. The van der Waals surface area contributed by atoms with E-state index in [2.05, 4.69) is 22.3 Å². The van der Waals surface area contributed by atoms with Crippen LogP contribution in [0.2, 0.25) is 0 Å². The molecule has 2 aliphatic carbocycles. The highest BCUT2D eigenvalue weighted by molar-refractivity contribution is 5.96. The van der Waals surface area contributed by atoms with Crippen LogP contribution < -0.4 is 5.73 Å². The Bertz CT molecular complexity index is 766. The molecule has 5 nitrogen and oxygen atoms in total. The number of benzene rings is 1. The SMILES string of the molecule is Cl.NC1(c2noc(CCC(=O)c3ccc4c(c3)CCC4)n2)CCCC1. The molecule has 1 saturated carbocycles. The number of ketones is 1. The Kier molecular flexibility index (Phi) is 5.25. The van der Waals surface area contributed by atoms with Gasteiger partial charge in [0.05, 0.1) is 5.54 Å². The minimum absolute atomic E-state index is 0. The van der Waals surface area contributed by atoms with Gasteiger partial charge in [0.2, 0.25) is 5.89 Å². The highest BCUT2D eigenvalue weighted by atomic mass is 35.5. The maximum absolute atomic E-state index is 12.4. The fourth-order valence-electron chi connectivity index (χ4n) is 3.90. The number of Topliss-reactive ketones (excluding diaryl/α,β-unsaturated/α-hetero) is 1. The van der Waals surface area contributed by atoms with Crippen molar-refractivity contribution in [2.24, 2.45) is 5.73 Å². The molecule has 0 radical (unpaired) electrons. The number of fused-ring (bicyclic) bond motifs is 1. The van der Waals surface area contributed by atoms with E-state index in [4.69, 9.17) is 10.3 Å². The van der Waals surface area contributed by atoms with Gasteiger partial charge in [-0.25, -0.2) is 0 Å². The van der Waals surface area contributed by atoms with E-state index in [1.165, 1.54) is 17.5 Å². The summed E-state index contributed by atoms with van der Waals surface area (Å²) in [7, 11) is 0. The zero-order valence-electron chi connectivity index (χ0n) is 14.3. The molecular weight excluding hydrogens is 338 g/mol. The van der Waals surface area contributed by atoms with Crippen molar-refractivity contribution in [2.75, 3.05) is 0 Å². The lowest BCUT2D eigenvalue weighted by atomic mass is 9.98. The van der Waals surface area contributed by atoms with Crippen molar-refractivity contribution < 1.29 is 9.32 Å². The Balaban J connectivity index is 0.00000182. The Morgan fingerprint density at radius 2 is 1.92 bits per heavy atom. The molecule has 25 heavy (non-hydrogen) atoms. The molecule has 4 rings (SSSR count). The fraction of sp³-hybridized carbons (Fsp3) is 0.526. The summed E-state index contributed by atoms with van der Waals surface area (Å²) in [6.07, 6.45) is 8.29. The van der Waals surface area contributed by atoms with Crippen LogP contribution in [-0.4, -0.2) is 15.9 Å². The topological polar surface area (TPSA) is 82.0 Å². The van der Waals surface area contributed by atoms with Crippen molar-refractivity contribution in [3.63, 3.8) is 0 Å².